The minimum absolute atomic E-state index is 0.666. The number of hydrogen-bond donors (Lipinski definition) is 1. The fourth-order valence-electron chi connectivity index (χ4n) is 2.28. The molecule has 1 rings (SSSR count). The van der Waals surface area contributed by atoms with E-state index in [2.05, 4.69) is 70.4 Å². The van der Waals surface area contributed by atoms with Gasteiger partial charge in [0.15, 0.2) is 0 Å². The predicted molar refractivity (Wildman–Crippen MR) is 88.0 cm³/mol. The zero-order chi connectivity index (χ0) is 13.7. The molecule has 2 atom stereocenters. The van der Waals surface area contributed by atoms with Gasteiger partial charge in [0.2, 0.25) is 0 Å². The van der Waals surface area contributed by atoms with Crippen molar-refractivity contribution in [2.45, 2.75) is 76.1 Å². The number of rotatable bonds is 6. The van der Waals surface area contributed by atoms with Crippen LogP contribution in [0, 0.1) is 17.8 Å². The maximum atomic E-state index is 3.85. The fourth-order valence-corrected chi connectivity index (χ4v) is 6.63. The number of hydrogen-bond acceptors (Lipinski definition) is 3. The van der Waals surface area contributed by atoms with E-state index in [-0.39, 0.29) is 0 Å². The van der Waals surface area contributed by atoms with Crippen LogP contribution in [0.2, 0.25) is 0 Å². The SMILES string of the molecule is CC(C)CC1NC(CC(C)C)SC(CC(C)C)S1. The van der Waals surface area contributed by atoms with Crippen molar-refractivity contribution in [2.24, 2.45) is 17.8 Å². The summed E-state index contributed by atoms with van der Waals surface area (Å²) in [5, 5.41) is 5.18. The Hall–Kier alpha value is 0.660. The highest BCUT2D eigenvalue weighted by Gasteiger charge is 2.30. The van der Waals surface area contributed by atoms with Gasteiger partial charge in [-0.3, -0.25) is 5.32 Å². The summed E-state index contributed by atoms with van der Waals surface area (Å²) in [6, 6.07) is 0. The quantitative estimate of drug-likeness (QED) is 0.724. The smallest absolute Gasteiger partial charge is 0.0554 e. The van der Waals surface area contributed by atoms with Crippen LogP contribution in [0.5, 0.6) is 0 Å². The molecule has 0 radical (unpaired) electrons. The van der Waals surface area contributed by atoms with Crippen molar-refractivity contribution < 1.29 is 0 Å². The molecule has 1 aliphatic rings. The van der Waals surface area contributed by atoms with Crippen molar-refractivity contribution in [1.82, 2.24) is 5.32 Å². The highest BCUT2D eigenvalue weighted by atomic mass is 32.2. The first-order valence-corrected chi connectivity index (χ1v) is 9.32. The molecule has 1 aliphatic heterocycles. The largest absolute Gasteiger partial charge is 0.293 e. The van der Waals surface area contributed by atoms with Gasteiger partial charge in [-0.2, -0.15) is 0 Å². The van der Waals surface area contributed by atoms with E-state index in [1.807, 2.05) is 0 Å². The van der Waals surface area contributed by atoms with Crippen molar-refractivity contribution in [1.29, 1.82) is 0 Å². The normalized spacial score (nSPS) is 29.5. The molecular weight excluding hydrogens is 258 g/mol. The average Bonchev–Trinajstić information content (AvgIpc) is 2.12. The third-order valence-electron chi connectivity index (χ3n) is 3.04. The molecule has 3 heteroatoms. The molecule has 0 bridgehead atoms. The van der Waals surface area contributed by atoms with Gasteiger partial charge in [0.1, 0.15) is 0 Å². The lowest BCUT2D eigenvalue weighted by atomic mass is 10.1. The van der Waals surface area contributed by atoms with Gasteiger partial charge >= 0.3 is 0 Å². The Bertz CT molecular complexity index is 184. The van der Waals surface area contributed by atoms with Gasteiger partial charge in [-0.05, 0) is 37.0 Å². The molecule has 0 spiro atoms. The molecule has 1 nitrogen and oxygen atoms in total. The topological polar surface area (TPSA) is 12.0 Å². The van der Waals surface area contributed by atoms with E-state index in [9.17, 15) is 0 Å². The van der Waals surface area contributed by atoms with Crippen LogP contribution in [0.4, 0.5) is 0 Å². The van der Waals surface area contributed by atoms with Crippen LogP contribution in [0.3, 0.4) is 0 Å². The van der Waals surface area contributed by atoms with Crippen LogP contribution in [0.15, 0.2) is 0 Å². The standard InChI is InChI=1S/C15H31NS2/c1-10(2)7-13-16-14(8-11(3)4)18-15(17-13)9-12(5)6/h10-16H,7-9H2,1-6H3. The minimum Gasteiger partial charge on any atom is -0.293 e. The van der Waals surface area contributed by atoms with Gasteiger partial charge in [0, 0.05) is 0 Å². The van der Waals surface area contributed by atoms with Crippen LogP contribution in [-0.2, 0) is 0 Å². The molecule has 18 heavy (non-hydrogen) atoms. The summed E-state index contributed by atoms with van der Waals surface area (Å²) in [6.45, 7) is 14.0. The molecule has 0 aliphatic carbocycles. The monoisotopic (exact) mass is 289 g/mol. The lowest BCUT2D eigenvalue weighted by molar-refractivity contribution is 0.452. The van der Waals surface area contributed by atoms with Crippen LogP contribution in [0.25, 0.3) is 0 Å². The van der Waals surface area contributed by atoms with Crippen LogP contribution in [-0.4, -0.2) is 15.3 Å². The fraction of sp³-hybridized carbons (Fsp3) is 1.00. The minimum atomic E-state index is 0.666. The summed E-state index contributed by atoms with van der Waals surface area (Å²) < 4.78 is 0.791. The maximum Gasteiger partial charge on any atom is 0.0554 e. The average molecular weight is 290 g/mol. The zero-order valence-electron chi connectivity index (χ0n) is 12.9. The molecule has 108 valence electrons. The molecule has 0 aromatic carbocycles. The Morgan fingerprint density at radius 3 is 1.44 bits per heavy atom. The number of nitrogens with one attached hydrogen (secondary N) is 1. The van der Waals surface area contributed by atoms with Gasteiger partial charge in [0.25, 0.3) is 0 Å². The summed E-state index contributed by atoms with van der Waals surface area (Å²) in [4.78, 5) is 0. The van der Waals surface area contributed by atoms with E-state index in [1.54, 1.807) is 0 Å². The van der Waals surface area contributed by atoms with E-state index >= 15 is 0 Å². The Morgan fingerprint density at radius 2 is 1.11 bits per heavy atom. The predicted octanol–water partition coefficient (Wildman–Crippen LogP) is 5.17. The molecule has 0 aromatic heterocycles. The first kappa shape index (κ1) is 16.7. The molecular formula is C15H31NS2. The van der Waals surface area contributed by atoms with Crippen LogP contribution in [0.1, 0.15) is 60.8 Å². The molecule has 1 saturated heterocycles. The van der Waals surface area contributed by atoms with E-state index in [0.717, 1.165) is 22.3 Å². The van der Waals surface area contributed by atoms with E-state index in [0.29, 0.717) is 10.7 Å². The first-order chi connectivity index (χ1) is 8.36. The summed E-state index contributed by atoms with van der Waals surface area (Å²) in [5.74, 6) is 2.39. The second kappa shape index (κ2) is 8.06. The summed E-state index contributed by atoms with van der Waals surface area (Å²) in [6.07, 6.45) is 3.95. The summed E-state index contributed by atoms with van der Waals surface area (Å²) >= 11 is 4.34. The lowest BCUT2D eigenvalue weighted by Gasteiger charge is -2.37. The van der Waals surface area contributed by atoms with E-state index in [1.165, 1.54) is 19.3 Å². The summed E-state index contributed by atoms with van der Waals surface area (Å²) in [5.41, 5.74) is 0. The van der Waals surface area contributed by atoms with Gasteiger partial charge in [-0.15, -0.1) is 23.5 Å². The third-order valence-corrected chi connectivity index (χ3v) is 6.01. The summed E-state index contributed by atoms with van der Waals surface area (Å²) in [7, 11) is 0. The second-order valence-corrected chi connectivity index (χ2v) is 9.85. The Kier molecular flexibility index (Phi) is 7.48. The van der Waals surface area contributed by atoms with E-state index in [4.69, 9.17) is 0 Å². The molecule has 1 heterocycles. The van der Waals surface area contributed by atoms with Gasteiger partial charge in [-0.25, -0.2) is 0 Å². The first-order valence-electron chi connectivity index (χ1n) is 7.43. The van der Waals surface area contributed by atoms with Crippen molar-refractivity contribution in [3.63, 3.8) is 0 Å². The maximum absolute atomic E-state index is 3.85. The molecule has 2 unspecified atom stereocenters. The highest BCUT2D eigenvalue weighted by Crippen LogP contribution is 2.41. The lowest BCUT2D eigenvalue weighted by Crippen LogP contribution is -2.42. The zero-order valence-corrected chi connectivity index (χ0v) is 14.5. The van der Waals surface area contributed by atoms with Crippen molar-refractivity contribution in [3.8, 4) is 0 Å². The van der Waals surface area contributed by atoms with Crippen molar-refractivity contribution >= 4 is 23.5 Å². The van der Waals surface area contributed by atoms with Gasteiger partial charge < -0.3 is 0 Å². The van der Waals surface area contributed by atoms with Gasteiger partial charge in [0.05, 0.1) is 15.3 Å². The second-order valence-electron chi connectivity index (χ2n) is 6.73. The Balaban J connectivity index is 2.54. The number of thioether (sulfide) groups is 2. The van der Waals surface area contributed by atoms with Crippen molar-refractivity contribution in [2.75, 3.05) is 0 Å². The third kappa shape index (κ3) is 6.72. The Morgan fingerprint density at radius 1 is 0.722 bits per heavy atom. The highest BCUT2D eigenvalue weighted by molar-refractivity contribution is 8.18. The molecule has 1 fully saturated rings. The van der Waals surface area contributed by atoms with Crippen LogP contribution >= 0.6 is 23.5 Å². The molecule has 0 aromatic rings. The van der Waals surface area contributed by atoms with Gasteiger partial charge in [-0.1, -0.05) is 41.5 Å². The molecule has 1 N–H and O–H groups in total. The van der Waals surface area contributed by atoms with E-state index < -0.39 is 0 Å². The van der Waals surface area contributed by atoms with Crippen molar-refractivity contribution in [3.05, 3.63) is 0 Å². The molecule has 0 amide bonds. The molecule has 0 saturated carbocycles. The Labute approximate surface area is 123 Å². The van der Waals surface area contributed by atoms with Crippen LogP contribution < -0.4 is 5.32 Å².